The summed E-state index contributed by atoms with van der Waals surface area (Å²) in [7, 11) is 0. The monoisotopic (exact) mass is 465 g/mol. The number of carboxylic acid groups (broad SMARTS) is 1. The molecule has 34 heavy (non-hydrogen) atoms. The molecule has 1 atom stereocenters. The Labute approximate surface area is 198 Å². The summed E-state index contributed by atoms with van der Waals surface area (Å²) in [6, 6.07) is 16.8. The number of hydrogen-bond acceptors (Lipinski definition) is 3. The number of carboxylic acids is 1. The maximum Gasteiger partial charge on any atom is 0.307 e. The number of hydrogen-bond donors (Lipinski definition) is 2. The molecular weight excluding hydrogens is 436 g/mol. The van der Waals surface area contributed by atoms with E-state index in [1.165, 1.54) is 18.9 Å². The Hall–Kier alpha value is -3.25. The van der Waals surface area contributed by atoms with E-state index in [1.54, 1.807) is 36.4 Å². The quantitative estimate of drug-likeness (QED) is 0.364. The van der Waals surface area contributed by atoms with Crippen LogP contribution in [0.4, 0.5) is 8.78 Å². The zero-order valence-corrected chi connectivity index (χ0v) is 19.0. The molecule has 178 valence electrons. The van der Waals surface area contributed by atoms with Gasteiger partial charge in [0.2, 0.25) is 0 Å². The number of alkyl halides is 1. The largest absolute Gasteiger partial charge is 0.489 e. The Morgan fingerprint density at radius 2 is 1.85 bits per heavy atom. The lowest BCUT2D eigenvalue weighted by molar-refractivity contribution is -0.136. The molecule has 0 heterocycles. The van der Waals surface area contributed by atoms with Gasteiger partial charge < -0.3 is 15.6 Å². The maximum atomic E-state index is 15.3. The Kier molecular flexibility index (Phi) is 7.58. The molecule has 3 aromatic rings. The summed E-state index contributed by atoms with van der Waals surface area (Å²) in [5.74, 6) is -0.168. The van der Waals surface area contributed by atoms with E-state index in [2.05, 4.69) is 6.07 Å². The Bertz CT molecular complexity index is 1160. The van der Waals surface area contributed by atoms with Crippen molar-refractivity contribution in [2.75, 3.05) is 6.67 Å². The van der Waals surface area contributed by atoms with Gasteiger partial charge in [0, 0.05) is 16.7 Å². The first-order chi connectivity index (χ1) is 16.4. The van der Waals surface area contributed by atoms with Gasteiger partial charge in [-0.3, -0.25) is 4.79 Å². The van der Waals surface area contributed by atoms with Crippen LogP contribution in [0.2, 0.25) is 0 Å². The molecule has 1 aliphatic carbocycles. The summed E-state index contributed by atoms with van der Waals surface area (Å²) >= 11 is 0. The maximum absolute atomic E-state index is 15.3. The molecule has 4 nitrogen and oxygen atoms in total. The van der Waals surface area contributed by atoms with Gasteiger partial charge in [0.05, 0.1) is 12.5 Å². The fourth-order valence-corrected chi connectivity index (χ4v) is 4.18. The van der Waals surface area contributed by atoms with Crippen LogP contribution in [0.15, 0.2) is 60.7 Å². The molecule has 1 aliphatic rings. The molecule has 0 aliphatic heterocycles. The van der Waals surface area contributed by atoms with E-state index in [4.69, 9.17) is 15.6 Å². The predicted molar refractivity (Wildman–Crippen MR) is 128 cm³/mol. The van der Waals surface area contributed by atoms with Crippen molar-refractivity contribution < 1.29 is 23.4 Å². The first-order valence-corrected chi connectivity index (χ1v) is 11.6. The second kappa shape index (κ2) is 10.8. The van der Waals surface area contributed by atoms with Crippen LogP contribution in [0.25, 0.3) is 11.1 Å². The second-order valence-corrected chi connectivity index (χ2v) is 8.96. The molecule has 0 radical (unpaired) electrons. The van der Waals surface area contributed by atoms with Gasteiger partial charge in [-0.2, -0.15) is 0 Å². The predicted octanol–water partition coefficient (Wildman–Crippen LogP) is 6.01. The van der Waals surface area contributed by atoms with Crippen LogP contribution in [-0.2, 0) is 24.2 Å². The van der Waals surface area contributed by atoms with E-state index in [1.807, 2.05) is 12.1 Å². The minimum atomic E-state index is -1.01. The van der Waals surface area contributed by atoms with Gasteiger partial charge >= 0.3 is 5.97 Å². The number of benzene rings is 3. The zero-order valence-electron chi connectivity index (χ0n) is 19.0. The third-order valence-electron chi connectivity index (χ3n) is 6.20. The Balaban J connectivity index is 1.64. The molecule has 0 bridgehead atoms. The number of carbonyl (C=O) groups is 1. The van der Waals surface area contributed by atoms with Crippen LogP contribution in [-0.4, -0.2) is 17.8 Å². The van der Waals surface area contributed by atoms with Crippen molar-refractivity contribution >= 4 is 5.97 Å². The third-order valence-corrected chi connectivity index (χ3v) is 6.20. The van der Waals surface area contributed by atoms with Crippen molar-refractivity contribution in [2.24, 2.45) is 11.7 Å². The standard InChI is InChI=1S/C28H29F2NO3/c29-16-25(31)24-6-3-5-23(28(24)30)22-13-19(11-10-18-8-9-18)12-20(14-22)17-34-26-7-2-1-4-21(26)15-27(32)33/h1-7,12-14,18,25H,8-11,15-17,31H2,(H,32,33)/t25-/m0/s1. The van der Waals surface area contributed by atoms with Gasteiger partial charge in [-0.25, -0.2) is 8.78 Å². The average molecular weight is 466 g/mol. The number of nitrogens with two attached hydrogens (primary N) is 1. The topological polar surface area (TPSA) is 72.5 Å². The normalized spacial score (nSPS) is 14.1. The molecule has 0 aromatic heterocycles. The Morgan fingerprint density at radius 3 is 2.59 bits per heavy atom. The molecule has 0 saturated heterocycles. The SMILES string of the molecule is N[C@@H](CF)c1cccc(-c2cc(CCC3CC3)cc(COc3ccccc3CC(=O)O)c2)c1F. The molecule has 3 N–H and O–H groups in total. The van der Waals surface area contributed by atoms with E-state index in [0.717, 1.165) is 29.9 Å². The van der Waals surface area contributed by atoms with Crippen molar-refractivity contribution in [1.29, 1.82) is 0 Å². The summed E-state index contributed by atoms with van der Waals surface area (Å²) in [6.45, 7) is -0.622. The zero-order chi connectivity index (χ0) is 24.1. The second-order valence-electron chi connectivity index (χ2n) is 8.96. The van der Waals surface area contributed by atoms with Crippen LogP contribution >= 0.6 is 0 Å². The molecular formula is C28H29F2NO3. The molecule has 4 rings (SSSR count). The fraction of sp³-hybridized carbons (Fsp3) is 0.321. The minimum absolute atomic E-state index is 0.129. The van der Waals surface area contributed by atoms with E-state index in [9.17, 15) is 9.18 Å². The summed E-state index contributed by atoms with van der Waals surface area (Å²) in [5, 5.41) is 9.17. The van der Waals surface area contributed by atoms with E-state index >= 15 is 4.39 Å². The lowest BCUT2D eigenvalue weighted by Crippen LogP contribution is -2.14. The fourth-order valence-electron chi connectivity index (χ4n) is 4.18. The van der Waals surface area contributed by atoms with E-state index < -0.39 is 24.5 Å². The van der Waals surface area contributed by atoms with Gasteiger partial charge in [-0.15, -0.1) is 0 Å². The summed E-state index contributed by atoms with van der Waals surface area (Å²) < 4.78 is 34.4. The number of rotatable bonds is 11. The lowest BCUT2D eigenvalue weighted by atomic mass is 9.94. The van der Waals surface area contributed by atoms with E-state index in [0.29, 0.717) is 22.4 Å². The summed E-state index contributed by atoms with van der Waals surface area (Å²) in [4.78, 5) is 11.2. The molecule has 0 unspecified atom stereocenters. The number of halogens is 2. The highest BCUT2D eigenvalue weighted by Crippen LogP contribution is 2.35. The molecule has 6 heteroatoms. The summed E-state index contributed by atoms with van der Waals surface area (Å²) in [5.41, 5.74) is 9.53. The van der Waals surface area contributed by atoms with Crippen molar-refractivity contribution in [3.8, 4) is 16.9 Å². The number of para-hydroxylation sites is 1. The van der Waals surface area contributed by atoms with Crippen LogP contribution in [0.5, 0.6) is 5.75 Å². The number of aliphatic carboxylic acids is 1. The highest BCUT2D eigenvalue weighted by molar-refractivity contribution is 5.71. The average Bonchev–Trinajstić information content (AvgIpc) is 3.66. The van der Waals surface area contributed by atoms with Gasteiger partial charge in [0.25, 0.3) is 0 Å². The molecule has 0 spiro atoms. The van der Waals surface area contributed by atoms with Crippen molar-refractivity contribution in [3.05, 3.63) is 88.7 Å². The van der Waals surface area contributed by atoms with Gasteiger partial charge in [0.15, 0.2) is 0 Å². The van der Waals surface area contributed by atoms with Gasteiger partial charge in [-0.05, 0) is 47.6 Å². The highest BCUT2D eigenvalue weighted by atomic mass is 19.1. The number of ether oxygens (including phenoxy) is 1. The third kappa shape index (κ3) is 6.00. The first kappa shape index (κ1) is 23.9. The van der Waals surface area contributed by atoms with Gasteiger partial charge in [0.1, 0.15) is 24.8 Å². The van der Waals surface area contributed by atoms with Crippen molar-refractivity contribution in [1.82, 2.24) is 0 Å². The van der Waals surface area contributed by atoms with Crippen molar-refractivity contribution in [3.63, 3.8) is 0 Å². The first-order valence-electron chi connectivity index (χ1n) is 11.6. The summed E-state index contributed by atoms with van der Waals surface area (Å²) in [6.07, 6.45) is 4.35. The molecule has 0 amide bonds. The van der Waals surface area contributed by atoms with Gasteiger partial charge in [-0.1, -0.05) is 61.4 Å². The number of aryl methyl sites for hydroxylation is 1. The van der Waals surface area contributed by atoms with Crippen LogP contribution in [0.1, 0.15) is 47.6 Å². The Morgan fingerprint density at radius 1 is 1.09 bits per heavy atom. The molecule has 1 fully saturated rings. The highest BCUT2D eigenvalue weighted by Gasteiger charge is 2.21. The molecule has 3 aromatic carbocycles. The smallest absolute Gasteiger partial charge is 0.307 e. The molecule has 1 saturated carbocycles. The van der Waals surface area contributed by atoms with Crippen LogP contribution < -0.4 is 10.5 Å². The van der Waals surface area contributed by atoms with E-state index in [-0.39, 0.29) is 18.6 Å². The van der Waals surface area contributed by atoms with Crippen LogP contribution in [0, 0.1) is 11.7 Å². The van der Waals surface area contributed by atoms with Crippen molar-refractivity contribution in [2.45, 2.75) is 44.8 Å². The minimum Gasteiger partial charge on any atom is -0.489 e. The van der Waals surface area contributed by atoms with Crippen LogP contribution in [0.3, 0.4) is 0 Å². The lowest BCUT2D eigenvalue weighted by Gasteiger charge is -2.15.